The van der Waals surface area contributed by atoms with Crippen LogP contribution in [0.1, 0.15) is 29.6 Å². The van der Waals surface area contributed by atoms with Crippen molar-refractivity contribution in [1.82, 2.24) is 14.8 Å². The van der Waals surface area contributed by atoms with Crippen molar-refractivity contribution in [2.24, 2.45) is 0 Å². The molecule has 2 atom stereocenters. The van der Waals surface area contributed by atoms with Crippen LogP contribution in [0, 0.1) is 0 Å². The van der Waals surface area contributed by atoms with Gasteiger partial charge in [0.05, 0.1) is 19.2 Å². The van der Waals surface area contributed by atoms with Crippen LogP contribution in [-0.4, -0.2) is 21.9 Å². The van der Waals surface area contributed by atoms with Crippen LogP contribution in [0.15, 0.2) is 66.7 Å². The van der Waals surface area contributed by atoms with E-state index in [0.29, 0.717) is 5.95 Å². The molecule has 0 aliphatic carbocycles. The van der Waals surface area contributed by atoms with E-state index in [9.17, 15) is 0 Å². The first kappa shape index (κ1) is 16.6. The van der Waals surface area contributed by atoms with Gasteiger partial charge in [0, 0.05) is 0 Å². The van der Waals surface area contributed by atoms with Gasteiger partial charge in [0.15, 0.2) is 0 Å². The Morgan fingerprint density at radius 2 is 1.89 bits per heavy atom. The van der Waals surface area contributed by atoms with Crippen LogP contribution in [0.5, 0.6) is 5.75 Å². The molecule has 0 radical (unpaired) electrons. The topological polar surface area (TPSA) is 78.0 Å². The minimum absolute atomic E-state index is 0.0309. The molecular formula is C22H21N5O. The Labute approximate surface area is 163 Å². The maximum Gasteiger partial charge on any atom is 0.241 e. The van der Waals surface area contributed by atoms with E-state index in [4.69, 9.17) is 10.5 Å². The molecule has 5 rings (SSSR count). The van der Waals surface area contributed by atoms with E-state index < -0.39 is 0 Å². The highest BCUT2D eigenvalue weighted by molar-refractivity contribution is 5.86. The molecule has 3 aromatic carbocycles. The minimum atomic E-state index is 0.0309. The molecule has 0 saturated heterocycles. The van der Waals surface area contributed by atoms with Gasteiger partial charge < -0.3 is 15.8 Å². The van der Waals surface area contributed by atoms with Crippen LogP contribution in [0.3, 0.4) is 0 Å². The minimum Gasteiger partial charge on any atom is -0.497 e. The first-order valence-corrected chi connectivity index (χ1v) is 9.33. The third kappa shape index (κ3) is 2.74. The fourth-order valence-electron chi connectivity index (χ4n) is 4.07. The van der Waals surface area contributed by atoms with Gasteiger partial charge in [-0.2, -0.15) is 4.98 Å². The van der Waals surface area contributed by atoms with Crippen LogP contribution < -0.4 is 15.8 Å². The molecule has 0 amide bonds. The number of ether oxygens (including phenoxy) is 1. The summed E-state index contributed by atoms with van der Waals surface area (Å²) < 4.78 is 7.32. The maximum atomic E-state index is 5.94. The first-order chi connectivity index (χ1) is 13.7. The number of benzene rings is 3. The number of nitrogen functional groups attached to an aromatic ring is 1. The van der Waals surface area contributed by atoms with Crippen LogP contribution >= 0.6 is 0 Å². The lowest BCUT2D eigenvalue weighted by atomic mass is 9.90. The van der Waals surface area contributed by atoms with Crippen LogP contribution in [0.2, 0.25) is 0 Å². The Balaban J connectivity index is 1.63. The monoisotopic (exact) mass is 371 g/mol. The average Bonchev–Trinajstić information content (AvgIpc) is 3.13. The molecule has 28 heavy (non-hydrogen) atoms. The molecule has 6 heteroatoms. The standard InChI is InChI=1S/C22H21N5O/c1-28-16-9-4-8-15(12-16)19-13-20(27-22(24-19)25-21(23)26-27)18-11-5-7-14-6-2-3-10-17(14)18/h2-12,19-20H,13H2,1H3,(H3,23,24,25,26). The van der Waals surface area contributed by atoms with Crippen molar-refractivity contribution in [3.05, 3.63) is 77.9 Å². The van der Waals surface area contributed by atoms with Gasteiger partial charge >= 0.3 is 0 Å². The third-order valence-electron chi connectivity index (χ3n) is 5.38. The number of fused-ring (bicyclic) bond motifs is 2. The van der Waals surface area contributed by atoms with Gasteiger partial charge in [0.2, 0.25) is 11.9 Å². The van der Waals surface area contributed by atoms with Crippen LogP contribution in [0.4, 0.5) is 11.9 Å². The average molecular weight is 371 g/mol. The van der Waals surface area contributed by atoms with E-state index >= 15 is 0 Å². The fraction of sp³-hybridized carbons (Fsp3) is 0.182. The molecule has 1 aliphatic heterocycles. The van der Waals surface area contributed by atoms with E-state index in [2.05, 4.69) is 70.0 Å². The molecule has 4 aromatic rings. The van der Waals surface area contributed by atoms with Gasteiger partial charge in [-0.05, 0) is 40.5 Å². The number of rotatable bonds is 3. The summed E-state index contributed by atoms with van der Waals surface area (Å²) in [6.45, 7) is 0. The Hall–Kier alpha value is -3.54. The zero-order valence-corrected chi connectivity index (χ0v) is 15.5. The van der Waals surface area contributed by atoms with Gasteiger partial charge in [-0.3, -0.25) is 0 Å². The molecule has 0 spiro atoms. The molecule has 6 nitrogen and oxygen atoms in total. The summed E-state index contributed by atoms with van der Waals surface area (Å²) in [6, 6.07) is 23.1. The summed E-state index contributed by atoms with van der Waals surface area (Å²) in [4.78, 5) is 4.41. The molecule has 0 bridgehead atoms. The lowest BCUT2D eigenvalue weighted by Gasteiger charge is -2.32. The smallest absolute Gasteiger partial charge is 0.241 e. The largest absolute Gasteiger partial charge is 0.497 e. The van der Waals surface area contributed by atoms with E-state index in [1.54, 1.807) is 7.11 Å². The van der Waals surface area contributed by atoms with Crippen molar-refractivity contribution >= 4 is 22.7 Å². The van der Waals surface area contributed by atoms with Gasteiger partial charge in [0.25, 0.3) is 0 Å². The molecule has 1 aliphatic rings. The predicted octanol–water partition coefficient (Wildman–Crippen LogP) is 4.17. The van der Waals surface area contributed by atoms with E-state index in [1.807, 2.05) is 16.8 Å². The molecule has 2 heterocycles. The molecule has 2 unspecified atom stereocenters. The highest BCUT2D eigenvalue weighted by atomic mass is 16.5. The molecule has 0 saturated carbocycles. The summed E-state index contributed by atoms with van der Waals surface area (Å²) in [5.41, 5.74) is 8.31. The normalized spacial score (nSPS) is 18.5. The summed E-state index contributed by atoms with van der Waals surface area (Å²) >= 11 is 0. The Bertz CT molecular complexity index is 1150. The predicted molar refractivity (Wildman–Crippen MR) is 110 cm³/mol. The van der Waals surface area contributed by atoms with Crippen molar-refractivity contribution in [3.8, 4) is 5.75 Å². The number of nitrogens with zero attached hydrogens (tertiary/aromatic N) is 3. The van der Waals surface area contributed by atoms with Crippen molar-refractivity contribution in [2.75, 3.05) is 18.2 Å². The number of hydrogen-bond donors (Lipinski definition) is 2. The van der Waals surface area contributed by atoms with E-state index in [1.165, 1.54) is 16.3 Å². The number of anilines is 2. The summed E-state index contributed by atoms with van der Waals surface area (Å²) in [5, 5.41) is 10.4. The van der Waals surface area contributed by atoms with Crippen LogP contribution in [0.25, 0.3) is 10.8 Å². The second kappa shape index (κ2) is 6.56. The number of methoxy groups -OCH3 is 1. The van der Waals surface area contributed by atoms with E-state index in [-0.39, 0.29) is 18.0 Å². The summed E-state index contributed by atoms with van der Waals surface area (Å²) in [7, 11) is 1.68. The molecule has 1 aromatic heterocycles. The number of aromatic nitrogens is 3. The van der Waals surface area contributed by atoms with Gasteiger partial charge in [-0.1, -0.05) is 54.6 Å². The van der Waals surface area contributed by atoms with Crippen LogP contribution in [-0.2, 0) is 0 Å². The van der Waals surface area contributed by atoms with Crippen molar-refractivity contribution in [3.63, 3.8) is 0 Å². The van der Waals surface area contributed by atoms with Crippen molar-refractivity contribution < 1.29 is 4.74 Å². The zero-order chi connectivity index (χ0) is 19.1. The summed E-state index contributed by atoms with van der Waals surface area (Å²) in [5.74, 6) is 1.81. The number of hydrogen-bond acceptors (Lipinski definition) is 5. The first-order valence-electron chi connectivity index (χ1n) is 9.33. The summed E-state index contributed by atoms with van der Waals surface area (Å²) in [6.07, 6.45) is 0.830. The fourth-order valence-corrected chi connectivity index (χ4v) is 4.07. The number of nitrogens with two attached hydrogens (primary N) is 1. The highest BCUT2D eigenvalue weighted by Gasteiger charge is 2.31. The third-order valence-corrected chi connectivity index (χ3v) is 5.38. The molecule has 0 fully saturated rings. The highest BCUT2D eigenvalue weighted by Crippen LogP contribution is 2.40. The second-order valence-electron chi connectivity index (χ2n) is 7.03. The Kier molecular flexibility index (Phi) is 3.90. The van der Waals surface area contributed by atoms with Crippen molar-refractivity contribution in [1.29, 1.82) is 0 Å². The Morgan fingerprint density at radius 3 is 2.79 bits per heavy atom. The maximum absolute atomic E-state index is 5.94. The molecule has 3 N–H and O–H groups in total. The molecule has 140 valence electrons. The zero-order valence-electron chi connectivity index (χ0n) is 15.5. The lowest BCUT2D eigenvalue weighted by molar-refractivity contribution is 0.410. The van der Waals surface area contributed by atoms with Gasteiger partial charge in [-0.25, -0.2) is 4.68 Å². The molecular weight excluding hydrogens is 350 g/mol. The Morgan fingerprint density at radius 1 is 1.07 bits per heavy atom. The number of nitrogens with one attached hydrogen (secondary N) is 1. The van der Waals surface area contributed by atoms with Crippen molar-refractivity contribution in [2.45, 2.75) is 18.5 Å². The lowest BCUT2D eigenvalue weighted by Crippen LogP contribution is -2.28. The van der Waals surface area contributed by atoms with E-state index in [0.717, 1.165) is 17.7 Å². The quantitative estimate of drug-likeness (QED) is 0.565. The van der Waals surface area contributed by atoms with Gasteiger partial charge in [0.1, 0.15) is 5.75 Å². The second-order valence-corrected chi connectivity index (χ2v) is 7.03. The SMILES string of the molecule is COc1cccc(C2CC(c3cccc4ccccc34)n3nc(N)nc3N2)c1. The van der Waals surface area contributed by atoms with Gasteiger partial charge in [-0.15, -0.1) is 5.10 Å².